The molecule has 0 atom stereocenters. The number of aromatic nitrogens is 2. The molecule has 0 saturated carbocycles. The van der Waals surface area contributed by atoms with E-state index in [9.17, 15) is 0 Å². The summed E-state index contributed by atoms with van der Waals surface area (Å²) < 4.78 is 0.991. The zero-order valence-electron chi connectivity index (χ0n) is 13.9. The summed E-state index contributed by atoms with van der Waals surface area (Å²) in [5.41, 5.74) is 5.34. The molecule has 0 saturated heterocycles. The van der Waals surface area contributed by atoms with Gasteiger partial charge >= 0.3 is 0 Å². The van der Waals surface area contributed by atoms with Gasteiger partial charge in [-0.05, 0) is 72.1 Å². The molecule has 1 heterocycles. The molecule has 0 radical (unpaired) electrons. The van der Waals surface area contributed by atoms with Crippen LogP contribution in [0.1, 0.15) is 16.8 Å². The minimum Gasteiger partial charge on any atom is -0.339 e. The molecule has 0 aliphatic rings. The number of hydrogen-bond acceptors (Lipinski definition) is 4. The highest BCUT2D eigenvalue weighted by molar-refractivity contribution is 9.10. The first-order valence-corrected chi connectivity index (χ1v) is 8.52. The van der Waals surface area contributed by atoms with E-state index in [-0.39, 0.29) is 0 Å². The van der Waals surface area contributed by atoms with Gasteiger partial charge in [0.2, 0.25) is 5.95 Å². The number of nitrogens with one attached hydrogen (secondary N) is 2. The van der Waals surface area contributed by atoms with Crippen molar-refractivity contribution >= 4 is 39.1 Å². The van der Waals surface area contributed by atoms with Crippen LogP contribution in [0.4, 0.5) is 23.1 Å². The van der Waals surface area contributed by atoms with E-state index in [2.05, 4.69) is 62.5 Å². The zero-order valence-corrected chi connectivity index (χ0v) is 15.5. The van der Waals surface area contributed by atoms with E-state index in [0.717, 1.165) is 27.4 Å². The maximum atomic E-state index is 4.56. The molecule has 4 nitrogen and oxygen atoms in total. The van der Waals surface area contributed by atoms with Crippen LogP contribution in [-0.4, -0.2) is 9.97 Å². The molecule has 0 spiro atoms. The molecule has 3 aromatic rings. The Kier molecular flexibility index (Phi) is 4.81. The molecule has 5 heteroatoms. The Balaban J connectivity index is 1.86. The Labute approximate surface area is 150 Å². The smallest absolute Gasteiger partial charge is 0.229 e. The summed E-state index contributed by atoms with van der Waals surface area (Å²) in [5.74, 6) is 1.33. The maximum Gasteiger partial charge on any atom is 0.229 e. The van der Waals surface area contributed by atoms with E-state index in [0.29, 0.717) is 5.95 Å². The van der Waals surface area contributed by atoms with Crippen molar-refractivity contribution in [2.45, 2.75) is 20.8 Å². The minimum atomic E-state index is 0.577. The third-order valence-corrected chi connectivity index (χ3v) is 4.45. The lowest BCUT2D eigenvalue weighted by Crippen LogP contribution is -2.03. The lowest BCUT2D eigenvalue weighted by atomic mass is 10.1. The number of halogens is 1. The Morgan fingerprint density at radius 2 is 1.62 bits per heavy atom. The van der Waals surface area contributed by atoms with Crippen LogP contribution in [0.3, 0.4) is 0 Å². The van der Waals surface area contributed by atoms with Crippen LogP contribution >= 0.6 is 15.9 Å². The second-order valence-corrected chi connectivity index (χ2v) is 6.60. The van der Waals surface area contributed by atoms with E-state index >= 15 is 0 Å². The number of benzene rings is 2. The third kappa shape index (κ3) is 3.92. The summed E-state index contributed by atoms with van der Waals surface area (Å²) in [6, 6.07) is 16.1. The van der Waals surface area contributed by atoms with Gasteiger partial charge in [-0.25, -0.2) is 4.98 Å². The third-order valence-electron chi connectivity index (χ3n) is 3.75. The Morgan fingerprint density at radius 3 is 2.38 bits per heavy atom. The summed E-state index contributed by atoms with van der Waals surface area (Å²) in [6.07, 6.45) is 0. The summed E-state index contributed by atoms with van der Waals surface area (Å²) in [7, 11) is 0. The molecule has 2 aromatic carbocycles. The highest BCUT2D eigenvalue weighted by atomic mass is 79.9. The van der Waals surface area contributed by atoms with Gasteiger partial charge in [0.05, 0.1) is 5.69 Å². The van der Waals surface area contributed by atoms with Gasteiger partial charge in [0.1, 0.15) is 5.82 Å². The summed E-state index contributed by atoms with van der Waals surface area (Å²) in [4.78, 5) is 9.03. The quantitative estimate of drug-likeness (QED) is 0.611. The lowest BCUT2D eigenvalue weighted by Gasteiger charge is -2.12. The van der Waals surface area contributed by atoms with Crippen molar-refractivity contribution in [2.75, 3.05) is 10.6 Å². The second kappa shape index (κ2) is 7.01. The van der Waals surface area contributed by atoms with Crippen molar-refractivity contribution in [2.24, 2.45) is 0 Å². The van der Waals surface area contributed by atoms with E-state index in [1.54, 1.807) is 0 Å². The average Bonchev–Trinajstić information content (AvgIpc) is 2.53. The zero-order chi connectivity index (χ0) is 17.1. The lowest BCUT2D eigenvalue weighted by molar-refractivity contribution is 1.11. The van der Waals surface area contributed by atoms with Crippen LogP contribution in [0.15, 0.2) is 53.0 Å². The fourth-order valence-electron chi connectivity index (χ4n) is 2.34. The Bertz CT molecular complexity index is 877. The van der Waals surface area contributed by atoms with Crippen LogP contribution in [-0.2, 0) is 0 Å². The molecule has 2 N–H and O–H groups in total. The molecule has 0 fully saturated rings. The first kappa shape index (κ1) is 16.5. The molecule has 3 rings (SSSR count). The maximum absolute atomic E-state index is 4.56. The van der Waals surface area contributed by atoms with Crippen molar-refractivity contribution in [1.29, 1.82) is 0 Å². The van der Waals surface area contributed by atoms with Crippen LogP contribution < -0.4 is 10.6 Å². The van der Waals surface area contributed by atoms with E-state index in [1.165, 1.54) is 11.1 Å². The molecule has 1 aromatic heterocycles. The van der Waals surface area contributed by atoms with Gasteiger partial charge in [-0.3, -0.25) is 0 Å². The van der Waals surface area contributed by atoms with Gasteiger partial charge in [-0.2, -0.15) is 4.98 Å². The van der Waals surface area contributed by atoms with Gasteiger partial charge < -0.3 is 10.6 Å². The number of aryl methyl sites for hydroxylation is 3. The largest absolute Gasteiger partial charge is 0.339 e. The average molecular weight is 383 g/mol. The molecular weight excluding hydrogens is 364 g/mol. The summed E-state index contributed by atoms with van der Waals surface area (Å²) >= 11 is 3.54. The number of hydrogen-bond donors (Lipinski definition) is 2. The molecule has 122 valence electrons. The van der Waals surface area contributed by atoms with E-state index in [1.807, 2.05) is 43.3 Å². The van der Waals surface area contributed by atoms with E-state index in [4.69, 9.17) is 0 Å². The SMILES string of the molecule is Cc1cc(Nc2ccccc2Br)nc(Nc2ccc(C)c(C)c2)n1. The standard InChI is InChI=1S/C19H19BrN4/c1-12-8-9-15(10-13(12)2)22-19-21-14(3)11-18(24-19)23-17-7-5-4-6-16(17)20/h4-11H,1-3H3,(H2,21,22,23,24). The summed E-state index contributed by atoms with van der Waals surface area (Å²) in [5, 5.41) is 6.60. The van der Waals surface area contributed by atoms with Gasteiger partial charge in [-0.15, -0.1) is 0 Å². The van der Waals surface area contributed by atoms with Crippen LogP contribution in [0.25, 0.3) is 0 Å². The molecule has 0 aliphatic heterocycles. The van der Waals surface area contributed by atoms with Gasteiger partial charge in [0.15, 0.2) is 0 Å². The number of nitrogens with zero attached hydrogens (tertiary/aromatic N) is 2. The first-order chi connectivity index (χ1) is 11.5. The molecule has 0 unspecified atom stereocenters. The molecule has 0 aliphatic carbocycles. The topological polar surface area (TPSA) is 49.8 Å². The second-order valence-electron chi connectivity index (χ2n) is 5.75. The van der Waals surface area contributed by atoms with Crippen molar-refractivity contribution < 1.29 is 0 Å². The van der Waals surface area contributed by atoms with Crippen molar-refractivity contribution in [3.8, 4) is 0 Å². The minimum absolute atomic E-state index is 0.577. The molecule has 24 heavy (non-hydrogen) atoms. The molecular formula is C19H19BrN4. The highest BCUT2D eigenvalue weighted by Gasteiger charge is 2.06. The number of rotatable bonds is 4. The van der Waals surface area contributed by atoms with Gasteiger partial charge in [-0.1, -0.05) is 18.2 Å². The molecule has 0 amide bonds. The van der Waals surface area contributed by atoms with Crippen LogP contribution in [0.5, 0.6) is 0 Å². The Hall–Kier alpha value is -2.40. The number of anilines is 4. The van der Waals surface area contributed by atoms with Crippen LogP contribution in [0.2, 0.25) is 0 Å². The highest BCUT2D eigenvalue weighted by Crippen LogP contribution is 2.25. The Morgan fingerprint density at radius 1 is 0.833 bits per heavy atom. The normalized spacial score (nSPS) is 10.5. The van der Waals surface area contributed by atoms with Crippen molar-refractivity contribution in [3.63, 3.8) is 0 Å². The monoisotopic (exact) mass is 382 g/mol. The van der Waals surface area contributed by atoms with Crippen LogP contribution in [0, 0.1) is 20.8 Å². The predicted octanol–water partition coefficient (Wildman–Crippen LogP) is 5.65. The van der Waals surface area contributed by atoms with E-state index < -0.39 is 0 Å². The van der Waals surface area contributed by atoms with Gasteiger partial charge in [0.25, 0.3) is 0 Å². The summed E-state index contributed by atoms with van der Waals surface area (Å²) in [6.45, 7) is 6.15. The molecule has 0 bridgehead atoms. The van der Waals surface area contributed by atoms with Crippen molar-refractivity contribution in [1.82, 2.24) is 9.97 Å². The van der Waals surface area contributed by atoms with Gasteiger partial charge in [0, 0.05) is 21.9 Å². The fourth-order valence-corrected chi connectivity index (χ4v) is 2.72. The fraction of sp³-hybridized carbons (Fsp3) is 0.158. The number of para-hydroxylation sites is 1. The van der Waals surface area contributed by atoms with Crippen molar-refractivity contribution in [3.05, 3.63) is 69.8 Å². The predicted molar refractivity (Wildman–Crippen MR) is 103 cm³/mol. The first-order valence-electron chi connectivity index (χ1n) is 7.73.